The van der Waals surface area contributed by atoms with Gasteiger partial charge in [-0.05, 0) is 19.1 Å². The normalized spacial score (nSPS) is 10.4. The molecule has 17 heavy (non-hydrogen) atoms. The van der Waals surface area contributed by atoms with E-state index in [1.165, 1.54) is 6.20 Å². The summed E-state index contributed by atoms with van der Waals surface area (Å²) in [6, 6.07) is 3.51. The average Bonchev–Trinajstić information content (AvgIpc) is 2.71. The second-order valence-electron chi connectivity index (χ2n) is 3.37. The number of pyridine rings is 1. The van der Waals surface area contributed by atoms with Gasteiger partial charge in [-0.25, -0.2) is 9.78 Å². The lowest BCUT2D eigenvalue weighted by Gasteiger charge is -2.03. The Morgan fingerprint density at radius 3 is 3.00 bits per heavy atom. The van der Waals surface area contributed by atoms with Crippen molar-refractivity contribution in [2.24, 2.45) is 5.73 Å². The minimum absolute atomic E-state index is 0.274. The predicted octanol–water partition coefficient (Wildman–Crippen LogP) is 1.15. The summed E-state index contributed by atoms with van der Waals surface area (Å²) in [4.78, 5) is 16.0. The number of esters is 1. The average molecular weight is 249 g/mol. The summed E-state index contributed by atoms with van der Waals surface area (Å²) in [5.74, 6) is -0.417. The molecular formula is C11H11N3O2S. The van der Waals surface area contributed by atoms with Crippen molar-refractivity contribution in [3.8, 4) is 0 Å². The number of nitrogens with zero attached hydrogens (tertiary/aromatic N) is 2. The standard InChI is InChI=1S/C11H11N3O2S/c1-2-16-11(15)8-5-13-9-4-3-7(10(12)17)6-14(8)9/h3-6H,2H2,1H3,(H2,12,17). The number of hydrogen-bond donors (Lipinski definition) is 1. The molecule has 0 aliphatic heterocycles. The fourth-order valence-electron chi connectivity index (χ4n) is 1.48. The molecule has 6 heteroatoms. The monoisotopic (exact) mass is 249 g/mol. The molecule has 0 atom stereocenters. The highest BCUT2D eigenvalue weighted by atomic mass is 32.1. The van der Waals surface area contributed by atoms with Crippen molar-refractivity contribution in [2.45, 2.75) is 6.92 Å². The van der Waals surface area contributed by atoms with Gasteiger partial charge in [-0.2, -0.15) is 0 Å². The molecule has 2 heterocycles. The largest absolute Gasteiger partial charge is 0.461 e. The molecule has 2 rings (SSSR count). The first kappa shape index (κ1) is 11.5. The summed E-state index contributed by atoms with van der Waals surface area (Å²) in [6.07, 6.45) is 3.15. The molecule has 0 saturated carbocycles. The maximum Gasteiger partial charge on any atom is 0.356 e. The lowest BCUT2D eigenvalue weighted by atomic mass is 10.3. The molecule has 0 bridgehead atoms. The van der Waals surface area contributed by atoms with Gasteiger partial charge in [-0.3, -0.25) is 4.40 Å². The van der Waals surface area contributed by atoms with Crippen LogP contribution >= 0.6 is 12.2 Å². The van der Waals surface area contributed by atoms with Crippen molar-refractivity contribution in [1.82, 2.24) is 9.38 Å². The Bertz CT molecular complexity index is 591. The van der Waals surface area contributed by atoms with Gasteiger partial charge in [0.25, 0.3) is 0 Å². The second-order valence-corrected chi connectivity index (χ2v) is 3.81. The van der Waals surface area contributed by atoms with Gasteiger partial charge >= 0.3 is 5.97 Å². The van der Waals surface area contributed by atoms with Gasteiger partial charge in [0.05, 0.1) is 12.8 Å². The van der Waals surface area contributed by atoms with Gasteiger partial charge in [0, 0.05) is 11.8 Å². The zero-order chi connectivity index (χ0) is 12.4. The Morgan fingerprint density at radius 1 is 1.59 bits per heavy atom. The molecule has 0 spiro atoms. The van der Waals surface area contributed by atoms with Crippen molar-refractivity contribution in [2.75, 3.05) is 6.61 Å². The van der Waals surface area contributed by atoms with Crippen molar-refractivity contribution in [1.29, 1.82) is 0 Å². The van der Waals surface area contributed by atoms with Crippen LogP contribution in [0.3, 0.4) is 0 Å². The molecule has 0 saturated heterocycles. The summed E-state index contributed by atoms with van der Waals surface area (Å²) in [7, 11) is 0. The van der Waals surface area contributed by atoms with Crippen LogP contribution in [0.25, 0.3) is 5.65 Å². The van der Waals surface area contributed by atoms with Gasteiger partial charge in [-0.1, -0.05) is 12.2 Å². The number of aromatic nitrogens is 2. The van der Waals surface area contributed by atoms with E-state index in [0.29, 0.717) is 23.5 Å². The summed E-state index contributed by atoms with van der Waals surface area (Å²) in [5.41, 5.74) is 7.22. The van der Waals surface area contributed by atoms with E-state index in [2.05, 4.69) is 4.98 Å². The number of ether oxygens (including phenoxy) is 1. The Morgan fingerprint density at radius 2 is 2.35 bits per heavy atom. The maximum atomic E-state index is 11.7. The Hall–Kier alpha value is -1.95. The predicted molar refractivity (Wildman–Crippen MR) is 67.0 cm³/mol. The highest BCUT2D eigenvalue weighted by Crippen LogP contribution is 2.10. The zero-order valence-corrected chi connectivity index (χ0v) is 10.0. The van der Waals surface area contributed by atoms with Crippen LogP contribution in [0.5, 0.6) is 0 Å². The summed E-state index contributed by atoms with van der Waals surface area (Å²) >= 11 is 4.89. The third-order valence-electron chi connectivity index (χ3n) is 2.27. The Balaban J connectivity index is 2.54. The number of thiocarbonyl (C=S) groups is 1. The van der Waals surface area contributed by atoms with E-state index in [0.717, 1.165) is 0 Å². The van der Waals surface area contributed by atoms with Gasteiger partial charge < -0.3 is 10.5 Å². The molecule has 88 valence electrons. The van der Waals surface area contributed by atoms with Crippen LogP contribution in [0.2, 0.25) is 0 Å². The molecule has 0 radical (unpaired) electrons. The maximum absolute atomic E-state index is 11.7. The fraction of sp³-hybridized carbons (Fsp3) is 0.182. The molecule has 2 aromatic rings. The van der Waals surface area contributed by atoms with Crippen LogP contribution < -0.4 is 5.73 Å². The van der Waals surface area contributed by atoms with Crippen LogP contribution in [0.15, 0.2) is 24.5 Å². The van der Waals surface area contributed by atoms with Crippen LogP contribution in [0, 0.1) is 0 Å². The first-order chi connectivity index (χ1) is 8.13. The van der Waals surface area contributed by atoms with Crippen LogP contribution in [0.1, 0.15) is 23.0 Å². The Kier molecular flexibility index (Phi) is 3.06. The van der Waals surface area contributed by atoms with E-state index in [4.69, 9.17) is 22.7 Å². The van der Waals surface area contributed by atoms with E-state index in [-0.39, 0.29) is 4.99 Å². The lowest BCUT2D eigenvalue weighted by Crippen LogP contribution is -2.12. The van der Waals surface area contributed by atoms with Gasteiger partial charge in [-0.15, -0.1) is 0 Å². The number of imidazole rings is 1. The molecule has 0 aliphatic carbocycles. The lowest BCUT2D eigenvalue weighted by molar-refractivity contribution is 0.0518. The summed E-state index contributed by atoms with van der Waals surface area (Å²) in [5, 5.41) is 0. The van der Waals surface area contributed by atoms with Crippen LogP contribution in [-0.2, 0) is 4.74 Å². The molecule has 0 unspecified atom stereocenters. The quantitative estimate of drug-likeness (QED) is 0.652. The third kappa shape index (κ3) is 2.12. The highest BCUT2D eigenvalue weighted by Gasteiger charge is 2.13. The smallest absolute Gasteiger partial charge is 0.356 e. The zero-order valence-electron chi connectivity index (χ0n) is 9.21. The molecule has 2 N–H and O–H groups in total. The molecule has 0 fully saturated rings. The number of nitrogens with two attached hydrogens (primary N) is 1. The van der Waals surface area contributed by atoms with E-state index in [9.17, 15) is 4.79 Å². The molecular weight excluding hydrogens is 238 g/mol. The minimum Gasteiger partial charge on any atom is -0.461 e. The van der Waals surface area contributed by atoms with Gasteiger partial charge in [0.2, 0.25) is 0 Å². The molecule has 2 aromatic heterocycles. The second kappa shape index (κ2) is 4.50. The number of carbonyl (C=O) groups excluding carboxylic acids is 1. The molecule has 0 aliphatic rings. The van der Waals surface area contributed by atoms with E-state index < -0.39 is 5.97 Å². The fourth-order valence-corrected chi connectivity index (χ4v) is 1.60. The van der Waals surface area contributed by atoms with Gasteiger partial charge in [0.1, 0.15) is 10.6 Å². The topological polar surface area (TPSA) is 69.6 Å². The van der Waals surface area contributed by atoms with Crippen molar-refractivity contribution in [3.05, 3.63) is 35.8 Å². The van der Waals surface area contributed by atoms with E-state index >= 15 is 0 Å². The van der Waals surface area contributed by atoms with E-state index in [1.54, 1.807) is 29.7 Å². The highest BCUT2D eigenvalue weighted by molar-refractivity contribution is 7.80. The van der Waals surface area contributed by atoms with Crippen molar-refractivity contribution >= 4 is 28.8 Å². The number of hydrogen-bond acceptors (Lipinski definition) is 4. The van der Waals surface area contributed by atoms with Crippen LogP contribution in [0.4, 0.5) is 0 Å². The molecule has 5 nitrogen and oxygen atoms in total. The number of carbonyl (C=O) groups is 1. The number of fused-ring (bicyclic) bond motifs is 1. The summed E-state index contributed by atoms with van der Waals surface area (Å²) < 4.78 is 6.55. The summed E-state index contributed by atoms with van der Waals surface area (Å²) in [6.45, 7) is 2.07. The SMILES string of the molecule is CCOC(=O)c1cnc2ccc(C(N)=S)cn12. The van der Waals surface area contributed by atoms with Crippen molar-refractivity contribution < 1.29 is 9.53 Å². The molecule has 0 aromatic carbocycles. The first-order valence-electron chi connectivity index (χ1n) is 5.07. The Labute approximate surface area is 103 Å². The van der Waals surface area contributed by atoms with Gasteiger partial charge in [0.15, 0.2) is 5.69 Å². The third-order valence-corrected chi connectivity index (χ3v) is 2.51. The van der Waals surface area contributed by atoms with Crippen molar-refractivity contribution in [3.63, 3.8) is 0 Å². The van der Waals surface area contributed by atoms with E-state index in [1.807, 2.05) is 0 Å². The van der Waals surface area contributed by atoms with Crippen LogP contribution in [-0.4, -0.2) is 26.9 Å². The number of rotatable bonds is 3. The minimum atomic E-state index is -0.417. The first-order valence-corrected chi connectivity index (χ1v) is 5.48. The molecule has 0 amide bonds.